The maximum Gasteiger partial charge on any atom is 0.266 e. The molecule has 1 unspecified atom stereocenters. The van der Waals surface area contributed by atoms with Crippen molar-refractivity contribution in [1.82, 2.24) is 9.88 Å². The van der Waals surface area contributed by atoms with Crippen molar-refractivity contribution < 1.29 is 9.90 Å². The number of aliphatic hydroxyl groups is 1. The van der Waals surface area contributed by atoms with Crippen LogP contribution in [0.4, 0.5) is 0 Å². The Kier molecular flexibility index (Phi) is 4.85. The van der Waals surface area contributed by atoms with E-state index < -0.39 is 0 Å². The number of likely N-dealkylation sites (tertiary alicyclic amines) is 1. The molecule has 1 fully saturated rings. The van der Waals surface area contributed by atoms with Crippen molar-refractivity contribution >= 4 is 17.2 Å². The normalized spacial score (nSPS) is 18.4. The van der Waals surface area contributed by atoms with E-state index in [0.29, 0.717) is 11.3 Å². The molecule has 0 aliphatic carbocycles. The number of piperidine rings is 1. The first-order chi connectivity index (χ1) is 10.8. The number of rotatable bonds is 4. The molecule has 1 N–H and O–H groups in total. The zero-order valence-electron chi connectivity index (χ0n) is 12.4. The standard InChI is InChI=1S/C17H20N2O2S/c20-11-9-14-8-4-5-10-19(14)17(21)16-15(18-12-22-16)13-6-2-1-3-7-13/h1-3,6-7,12,14,20H,4-5,8-11H2. The first kappa shape index (κ1) is 15.2. The summed E-state index contributed by atoms with van der Waals surface area (Å²) < 4.78 is 0. The summed E-state index contributed by atoms with van der Waals surface area (Å²) in [6.45, 7) is 0.901. The van der Waals surface area contributed by atoms with E-state index in [9.17, 15) is 9.90 Å². The topological polar surface area (TPSA) is 53.4 Å². The van der Waals surface area contributed by atoms with Crippen LogP contribution < -0.4 is 0 Å². The molecular formula is C17H20N2O2S. The minimum atomic E-state index is 0.0551. The second-order valence-corrected chi connectivity index (χ2v) is 6.41. The molecule has 22 heavy (non-hydrogen) atoms. The van der Waals surface area contributed by atoms with Gasteiger partial charge in [-0.15, -0.1) is 11.3 Å². The number of hydrogen-bond acceptors (Lipinski definition) is 4. The molecule has 0 radical (unpaired) electrons. The third-order valence-electron chi connectivity index (χ3n) is 4.16. The number of nitrogens with zero attached hydrogens (tertiary/aromatic N) is 2. The Morgan fingerprint density at radius 2 is 2.14 bits per heavy atom. The van der Waals surface area contributed by atoms with Crippen LogP contribution in [-0.4, -0.2) is 40.1 Å². The lowest BCUT2D eigenvalue weighted by atomic mass is 9.99. The number of carbonyl (C=O) groups is 1. The van der Waals surface area contributed by atoms with Crippen molar-refractivity contribution in [3.8, 4) is 11.3 Å². The summed E-state index contributed by atoms with van der Waals surface area (Å²) in [6.07, 6.45) is 3.80. The third kappa shape index (κ3) is 3.05. The Hall–Kier alpha value is -1.72. The highest BCUT2D eigenvalue weighted by atomic mass is 32.1. The number of amides is 1. The van der Waals surface area contributed by atoms with E-state index in [-0.39, 0.29) is 18.6 Å². The molecule has 4 nitrogen and oxygen atoms in total. The molecule has 0 spiro atoms. The highest BCUT2D eigenvalue weighted by Crippen LogP contribution is 2.29. The monoisotopic (exact) mass is 316 g/mol. The average molecular weight is 316 g/mol. The fourth-order valence-electron chi connectivity index (χ4n) is 3.05. The van der Waals surface area contributed by atoms with Gasteiger partial charge in [0.25, 0.3) is 5.91 Å². The van der Waals surface area contributed by atoms with Crippen LogP contribution >= 0.6 is 11.3 Å². The lowest BCUT2D eigenvalue weighted by molar-refractivity contribution is 0.0580. The minimum absolute atomic E-state index is 0.0551. The first-order valence-electron chi connectivity index (χ1n) is 7.72. The Morgan fingerprint density at radius 1 is 1.32 bits per heavy atom. The molecule has 0 bridgehead atoms. The van der Waals surface area contributed by atoms with Crippen LogP contribution in [0.5, 0.6) is 0 Å². The summed E-state index contributed by atoms with van der Waals surface area (Å²) in [7, 11) is 0. The quantitative estimate of drug-likeness (QED) is 0.942. The van der Waals surface area contributed by atoms with E-state index >= 15 is 0 Å². The molecular weight excluding hydrogens is 296 g/mol. The van der Waals surface area contributed by atoms with Crippen molar-refractivity contribution in [3.05, 3.63) is 40.7 Å². The molecule has 116 valence electrons. The van der Waals surface area contributed by atoms with Crippen LogP contribution in [0, 0.1) is 0 Å². The highest BCUT2D eigenvalue weighted by Gasteiger charge is 2.29. The number of aromatic nitrogens is 1. The summed E-state index contributed by atoms with van der Waals surface area (Å²) in [5, 5.41) is 9.23. The van der Waals surface area contributed by atoms with Gasteiger partial charge in [-0.2, -0.15) is 0 Å². The van der Waals surface area contributed by atoms with Crippen LogP contribution in [0.15, 0.2) is 35.8 Å². The van der Waals surface area contributed by atoms with Gasteiger partial charge in [-0.3, -0.25) is 4.79 Å². The van der Waals surface area contributed by atoms with Crippen LogP contribution in [0.1, 0.15) is 35.4 Å². The number of carbonyl (C=O) groups excluding carboxylic acids is 1. The molecule has 2 aromatic rings. The van der Waals surface area contributed by atoms with Crippen molar-refractivity contribution in [2.24, 2.45) is 0 Å². The molecule has 1 aliphatic rings. The van der Waals surface area contributed by atoms with Gasteiger partial charge in [0.1, 0.15) is 4.88 Å². The van der Waals surface area contributed by atoms with Gasteiger partial charge in [-0.1, -0.05) is 30.3 Å². The molecule has 0 saturated carbocycles. The maximum absolute atomic E-state index is 13.0. The molecule has 2 heterocycles. The Morgan fingerprint density at radius 3 is 2.91 bits per heavy atom. The Balaban J connectivity index is 1.88. The molecule has 1 atom stereocenters. The fourth-order valence-corrected chi connectivity index (χ4v) is 3.81. The molecule has 1 aromatic heterocycles. The summed E-state index contributed by atoms with van der Waals surface area (Å²) in [5.74, 6) is 0.0551. The molecule has 5 heteroatoms. The van der Waals surface area contributed by atoms with Gasteiger partial charge in [0.05, 0.1) is 11.2 Å². The predicted octanol–water partition coefficient (Wildman–Crippen LogP) is 3.19. The second kappa shape index (κ2) is 7.03. The smallest absolute Gasteiger partial charge is 0.266 e. The predicted molar refractivity (Wildman–Crippen MR) is 87.9 cm³/mol. The first-order valence-corrected chi connectivity index (χ1v) is 8.60. The van der Waals surface area contributed by atoms with Crippen molar-refractivity contribution in [3.63, 3.8) is 0 Å². The molecule has 1 aromatic carbocycles. The lowest BCUT2D eigenvalue weighted by Crippen LogP contribution is -2.44. The maximum atomic E-state index is 13.0. The van der Waals surface area contributed by atoms with Gasteiger partial charge in [-0.05, 0) is 25.7 Å². The van der Waals surface area contributed by atoms with Crippen LogP contribution in [0.3, 0.4) is 0 Å². The molecule has 1 saturated heterocycles. The van der Waals surface area contributed by atoms with Crippen LogP contribution in [-0.2, 0) is 0 Å². The minimum Gasteiger partial charge on any atom is -0.396 e. The molecule has 1 aliphatic heterocycles. The van der Waals surface area contributed by atoms with E-state index in [1.807, 2.05) is 35.2 Å². The zero-order valence-corrected chi connectivity index (χ0v) is 13.3. The van der Waals surface area contributed by atoms with Gasteiger partial charge in [0.2, 0.25) is 0 Å². The number of aliphatic hydroxyl groups excluding tert-OH is 1. The zero-order chi connectivity index (χ0) is 15.4. The van der Waals surface area contributed by atoms with Gasteiger partial charge >= 0.3 is 0 Å². The average Bonchev–Trinajstić information content (AvgIpc) is 3.05. The number of benzene rings is 1. The number of hydrogen-bond donors (Lipinski definition) is 1. The van der Waals surface area contributed by atoms with Gasteiger partial charge in [-0.25, -0.2) is 4.98 Å². The molecule has 3 rings (SSSR count). The van der Waals surface area contributed by atoms with E-state index in [2.05, 4.69) is 4.98 Å². The summed E-state index contributed by atoms with van der Waals surface area (Å²) in [6, 6.07) is 9.98. The van der Waals surface area contributed by atoms with Crippen LogP contribution in [0.25, 0.3) is 11.3 Å². The SMILES string of the molecule is O=C(c1scnc1-c1ccccc1)N1CCCCC1CCO. The van der Waals surface area contributed by atoms with Gasteiger partial charge in [0.15, 0.2) is 0 Å². The van der Waals surface area contributed by atoms with Crippen molar-refractivity contribution in [2.75, 3.05) is 13.2 Å². The molecule has 1 amide bonds. The van der Waals surface area contributed by atoms with Gasteiger partial charge < -0.3 is 10.0 Å². The van der Waals surface area contributed by atoms with E-state index in [0.717, 1.165) is 37.1 Å². The summed E-state index contributed by atoms with van der Waals surface area (Å²) in [4.78, 5) is 20.0. The Labute approximate surface area is 134 Å². The van der Waals surface area contributed by atoms with E-state index in [4.69, 9.17) is 0 Å². The van der Waals surface area contributed by atoms with Crippen LogP contribution in [0.2, 0.25) is 0 Å². The highest BCUT2D eigenvalue weighted by molar-refractivity contribution is 7.12. The Bertz CT molecular complexity index is 625. The lowest BCUT2D eigenvalue weighted by Gasteiger charge is -2.35. The number of thiazole rings is 1. The second-order valence-electron chi connectivity index (χ2n) is 5.56. The summed E-state index contributed by atoms with van der Waals surface area (Å²) >= 11 is 1.40. The fraction of sp³-hybridized carbons (Fsp3) is 0.412. The van der Waals surface area contributed by atoms with Gasteiger partial charge in [0, 0.05) is 24.8 Å². The third-order valence-corrected chi connectivity index (χ3v) is 4.97. The largest absolute Gasteiger partial charge is 0.396 e. The van der Waals surface area contributed by atoms with E-state index in [1.54, 1.807) is 5.51 Å². The van der Waals surface area contributed by atoms with E-state index in [1.165, 1.54) is 11.3 Å². The van der Waals surface area contributed by atoms with Crippen molar-refractivity contribution in [1.29, 1.82) is 0 Å². The summed E-state index contributed by atoms with van der Waals surface area (Å²) in [5.41, 5.74) is 3.48. The van der Waals surface area contributed by atoms with Crippen molar-refractivity contribution in [2.45, 2.75) is 31.7 Å².